The van der Waals surface area contributed by atoms with Crippen molar-refractivity contribution in [2.75, 3.05) is 37.6 Å². The minimum absolute atomic E-state index is 0.0635. The molecule has 144 valence electrons. The second kappa shape index (κ2) is 8.99. The van der Waals surface area contributed by atoms with Crippen molar-refractivity contribution in [3.63, 3.8) is 0 Å². The Morgan fingerprint density at radius 3 is 2.46 bits per heavy atom. The lowest BCUT2D eigenvalue weighted by Gasteiger charge is -2.35. The SMILES string of the molecule is O=C(CN1CCN(c2ccccn2)CC1)N[C@H](c1ccccc1)c1cccs1. The van der Waals surface area contributed by atoms with Crippen LogP contribution in [0.25, 0.3) is 0 Å². The normalized spacial score (nSPS) is 15.9. The van der Waals surface area contributed by atoms with Gasteiger partial charge >= 0.3 is 0 Å². The van der Waals surface area contributed by atoms with E-state index in [1.54, 1.807) is 11.3 Å². The molecule has 1 aliphatic rings. The fraction of sp³-hybridized carbons (Fsp3) is 0.273. The Hall–Kier alpha value is -2.70. The van der Waals surface area contributed by atoms with Crippen molar-refractivity contribution >= 4 is 23.1 Å². The van der Waals surface area contributed by atoms with Crippen molar-refractivity contribution in [3.8, 4) is 0 Å². The Morgan fingerprint density at radius 1 is 1.00 bits per heavy atom. The summed E-state index contributed by atoms with van der Waals surface area (Å²) in [5.74, 6) is 1.07. The molecule has 28 heavy (non-hydrogen) atoms. The van der Waals surface area contributed by atoms with Crippen LogP contribution in [0.15, 0.2) is 72.2 Å². The van der Waals surface area contributed by atoms with Gasteiger partial charge in [0.15, 0.2) is 0 Å². The lowest BCUT2D eigenvalue weighted by Crippen LogP contribution is -2.50. The van der Waals surface area contributed by atoms with Crippen LogP contribution >= 0.6 is 11.3 Å². The van der Waals surface area contributed by atoms with E-state index in [4.69, 9.17) is 0 Å². The van der Waals surface area contributed by atoms with Crippen LogP contribution in [-0.4, -0.2) is 48.5 Å². The van der Waals surface area contributed by atoms with Gasteiger partial charge in [-0.15, -0.1) is 11.3 Å². The third kappa shape index (κ3) is 4.58. The molecule has 6 heteroatoms. The topological polar surface area (TPSA) is 48.5 Å². The second-order valence-electron chi connectivity index (χ2n) is 6.88. The lowest BCUT2D eigenvalue weighted by molar-refractivity contribution is -0.122. The van der Waals surface area contributed by atoms with Crippen LogP contribution in [0.4, 0.5) is 5.82 Å². The molecule has 0 aliphatic carbocycles. The van der Waals surface area contributed by atoms with Crippen molar-refractivity contribution in [1.82, 2.24) is 15.2 Å². The molecule has 2 aromatic heterocycles. The molecule has 3 heterocycles. The number of anilines is 1. The third-order valence-electron chi connectivity index (χ3n) is 4.98. The average Bonchev–Trinajstić information content (AvgIpc) is 3.28. The van der Waals surface area contributed by atoms with E-state index in [1.807, 2.05) is 54.0 Å². The van der Waals surface area contributed by atoms with Gasteiger partial charge in [-0.25, -0.2) is 4.98 Å². The number of pyridine rings is 1. The van der Waals surface area contributed by atoms with Gasteiger partial charge in [0.05, 0.1) is 12.6 Å². The number of amides is 1. The van der Waals surface area contributed by atoms with Crippen molar-refractivity contribution in [2.24, 2.45) is 0 Å². The number of carbonyl (C=O) groups is 1. The Balaban J connectivity index is 1.35. The molecule has 1 aliphatic heterocycles. The molecule has 1 saturated heterocycles. The highest BCUT2D eigenvalue weighted by molar-refractivity contribution is 7.10. The molecule has 0 spiro atoms. The highest BCUT2D eigenvalue weighted by Gasteiger charge is 2.22. The zero-order valence-corrected chi connectivity index (χ0v) is 16.5. The van der Waals surface area contributed by atoms with Gasteiger partial charge < -0.3 is 10.2 Å². The Kier molecular flexibility index (Phi) is 5.99. The smallest absolute Gasteiger partial charge is 0.234 e. The molecule has 1 aromatic carbocycles. The molecular weight excluding hydrogens is 368 g/mol. The maximum absolute atomic E-state index is 12.8. The minimum atomic E-state index is -0.0940. The number of piperazine rings is 1. The van der Waals surface area contributed by atoms with Crippen molar-refractivity contribution in [2.45, 2.75) is 6.04 Å². The zero-order valence-electron chi connectivity index (χ0n) is 15.7. The molecule has 0 radical (unpaired) electrons. The van der Waals surface area contributed by atoms with Gasteiger partial charge in [0.1, 0.15) is 5.82 Å². The number of hydrogen-bond donors (Lipinski definition) is 1. The van der Waals surface area contributed by atoms with E-state index < -0.39 is 0 Å². The maximum Gasteiger partial charge on any atom is 0.234 e. The molecule has 3 aromatic rings. The Labute approximate surface area is 169 Å². The van der Waals surface area contributed by atoms with Gasteiger partial charge in [0.2, 0.25) is 5.91 Å². The van der Waals surface area contributed by atoms with Gasteiger partial charge in [-0.1, -0.05) is 42.5 Å². The minimum Gasteiger partial charge on any atom is -0.354 e. The summed E-state index contributed by atoms with van der Waals surface area (Å²) >= 11 is 1.67. The van der Waals surface area contributed by atoms with Gasteiger partial charge in [0, 0.05) is 37.3 Å². The van der Waals surface area contributed by atoms with E-state index in [-0.39, 0.29) is 11.9 Å². The first-order chi connectivity index (χ1) is 13.8. The maximum atomic E-state index is 12.8. The molecule has 4 rings (SSSR count). The summed E-state index contributed by atoms with van der Waals surface area (Å²) < 4.78 is 0. The molecule has 1 atom stereocenters. The molecule has 1 amide bonds. The average molecular weight is 393 g/mol. The predicted molar refractivity (Wildman–Crippen MR) is 114 cm³/mol. The van der Waals surface area contributed by atoms with Crippen LogP contribution in [0.3, 0.4) is 0 Å². The molecule has 0 saturated carbocycles. The standard InChI is InChI=1S/C22H24N4OS/c27-21(17-25-12-14-26(15-13-25)20-10-4-5-11-23-20)24-22(19-9-6-16-28-19)18-7-2-1-3-8-18/h1-11,16,22H,12-15,17H2,(H,24,27)/t22-/m1/s1. The zero-order chi connectivity index (χ0) is 19.2. The number of carbonyl (C=O) groups excluding carboxylic acids is 1. The first kappa shape index (κ1) is 18.7. The van der Waals surface area contributed by atoms with E-state index in [9.17, 15) is 4.79 Å². The number of nitrogens with one attached hydrogen (secondary N) is 1. The van der Waals surface area contributed by atoms with E-state index in [1.165, 1.54) is 0 Å². The summed E-state index contributed by atoms with van der Waals surface area (Å²) in [4.78, 5) is 22.8. The number of aromatic nitrogens is 1. The van der Waals surface area contributed by atoms with Gasteiger partial charge in [-0.05, 0) is 29.1 Å². The largest absolute Gasteiger partial charge is 0.354 e. The summed E-state index contributed by atoms with van der Waals surface area (Å²) in [5, 5.41) is 5.28. The summed E-state index contributed by atoms with van der Waals surface area (Å²) in [5.41, 5.74) is 1.11. The van der Waals surface area contributed by atoms with E-state index in [0.29, 0.717) is 6.54 Å². The van der Waals surface area contributed by atoms with Crippen molar-refractivity contribution < 1.29 is 4.79 Å². The van der Waals surface area contributed by atoms with Crippen molar-refractivity contribution in [3.05, 3.63) is 82.7 Å². The highest BCUT2D eigenvalue weighted by Crippen LogP contribution is 2.25. The molecule has 1 N–H and O–H groups in total. The lowest BCUT2D eigenvalue weighted by atomic mass is 10.1. The number of nitrogens with zero attached hydrogens (tertiary/aromatic N) is 3. The molecule has 5 nitrogen and oxygen atoms in total. The van der Waals surface area contributed by atoms with Crippen LogP contribution in [-0.2, 0) is 4.79 Å². The fourth-order valence-corrected chi connectivity index (χ4v) is 4.31. The first-order valence-corrected chi connectivity index (χ1v) is 10.4. The van der Waals surface area contributed by atoms with Crippen LogP contribution in [0.1, 0.15) is 16.5 Å². The monoisotopic (exact) mass is 392 g/mol. The van der Waals surface area contributed by atoms with Crippen LogP contribution < -0.4 is 10.2 Å². The summed E-state index contributed by atoms with van der Waals surface area (Å²) in [6.07, 6.45) is 1.82. The van der Waals surface area contributed by atoms with Gasteiger partial charge in [0.25, 0.3) is 0 Å². The number of rotatable bonds is 6. The quantitative estimate of drug-likeness (QED) is 0.700. The number of thiophene rings is 1. The van der Waals surface area contributed by atoms with Crippen LogP contribution in [0, 0.1) is 0 Å². The van der Waals surface area contributed by atoms with E-state index >= 15 is 0 Å². The Morgan fingerprint density at radius 2 is 1.79 bits per heavy atom. The van der Waals surface area contributed by atoms with E-state index in [0.717, 1.165) is 42.4 Å². The molecule has 0 bridgehead atoms. The summed E-state index contributed by atoms with van der Waals surface area (Å²) in [6, 6.07) is 20.1. The number of hydrogen-bond acceptors (Lipinski definition) is 5. The highest BCUT2D eigenvalue weighted by atomic mass is 32.1. The van der Waals surface area contributed by atoms with Crippen LogP contribution in [0.5, 0.6) is 0 Å². The number of benzene rings is 1. The molecule has 0 unspecified atom stereocenters. The van der Waals surface area contributed by atoms with E-state index in [2.05, 4.69) is 38.3 Å². The predicted octanol–water partition coefficient (Wildman–Crippen LogP) is 3.17. The third-order valence-corrected chi connectivity index (χ3v) is 5.92. The van der Waals surface area contributed by atoms with Crippen molar-refractivity contribution in [1.29, 1.82) is 0 Å². The summed E-state index contributed by atoms with van der Waals surface area (Å²) in [6.45, 7) is 3.91. The summed E-state index contributed by atoms with van der Waals surface area (Å²) in [7, 11) is 0. The molecule has 1 fully saturated rings. The van der Waals surface area contributed by atoms with Gasteiger partial charge in [-0.3, -0.25) is 9.69 Å². The van der Waals surface area contributed by atoms with Gasteiger partial charge in [-0.2, -0.15) is 0 Å². The van der Waals surface area contributed by atoms with Crippen LogP contribution in [0.2, 0.25) is 0 Å². The fourth-order valence-electron chi connectivity index (χ4n) is 3.51. The first-order valence-electron chi connectivity index (χ1n) is 9.55. The Bertz CT molecular complexity index is 862. The second-order valence-corrected chi connectivity index (χ2v) is 7.86. The molecular formula is C22H24N4OS.